The molecule has 130 valence electrons. The zero-order chi connectivity index (χ0) is 16.9. The van der Waals surface area contributed by atoms with Crippen LogP contribution in [-0.2, 0) is 4.79 Å². The third-order valence-corrected chi connectivity index (χ3v) is 5.84. The topological polar surface area (TPSA) is 40.6 Å². The SMILES string of the molecule is O=C(c1ccccc1Br)N1CCC(C(=O)N2CCCCCC2)CC1. The number of nitrogens with zero attached hydrogens (tertiary/aromatic N) is 2. The van der Waals surface area contributed by atoms with Gasteiger partial charge in [-0.25, -0.2) is 0 Å². The largest absolute Gasteiger partial charge is 0.342 e. The molecule has 4 nitrogen and oxygen atoms in total. The van der Waals surface area contributed by atoms with Gasteiger partial charge in [0.15, 0.2) is 0 Å². The van der Waals surface area contributed by atoms with Crippen molar-refractivity contribution in [1.82, 2.24) is 9.80 Å². The Labute approximate surface area is 152 Å². The van der Waals surface area contributed by atoms with Crippen LogP contribution < -0.4 is 0 Å². The van der Waals surface area contributed by atoms with E-state index in [4.69, 9.17) is 0 Å². The first kappa shape index (κ1) is 17.5. The number of rotatable bonds is 2. The first-order valence-corrected chi connectivity index (χ1v) is 9.78. The van der Waals surface area contributed by atoms with Crippen molar-refractivity contribution < 1.29 is 9.59 Å². The van der Waals surface area contributed by atoms with Crippen LogP contribution in [0.25, 0.3) is 0 Å². The number of carbonyl (C=O) groups excluding carboxylic acids is 2. The van der Waals surface area contributed by atoms with Crippen LogP contribution >= 0.6 is 15.9 Å². The highest BCUT2D eigenvalue weighted by molar-refractivity contribution is 9.10. The molecular formula is C19H25BrN2O2. The zero-order valence-electron chi connectivity index (χ0n) is 14.0. The van der Waals surface area contributed by atoms with Crippen molar-refractivity contribution >= 4 is 27.7 Å². The molecule has 1 aromatic rings. The van der Waals surface area contributed by atoms with Gasteiger partial charge < -0.3 is 9.80 Å². The number of carbonyl (C=O) groups is 2. The lowest BCUT2D eigenvalue weighted by Gasteiger charge is -2.34. The van der Waals surface area contributed by atoms with Crippen molar-refractivity contribution in [3.8, 4) is 0 Å². The lowest BCUT2D eigenvalue weighted by molar-refractivity contribution is -0.136. The van der Waals surface area contributed by atoms with Gasteiger partial charge in [-0.15, -0.1) is 0 Å². The first-order valence-electron chi connectivity index (χ1n) is 8.99. The van der Waals surface area contributed by atoms with Crippen LogP contribution in [0.3, 0.4) is 0 Å². The monoisotopic (exact) mass is 392 g/mol. The maximum atomic E-state index is 12.7. The molecule has 2 amide bonds. The molecule has 0 N–H and O–H groups in total. The molecule has 2 saturated heterocycles. The summed E-state index contributed by atoms with van der Waals surface area (Å²) in [7, 11) is 0. The highest BCUT2D eigenvalue weighted by atomic mass is 79.9. The summed E-state index contributed by atoms with van der Waals surface area (Å²) in [5.74, 6) is 0.458. The van der Waals surface area contributed by atoms with Gasteiger partial charge in [-0.05, 0) is 53.7 Å². The molecule has 3 rings (SSSR count). The lowest BCUT2D eigenvalue weighted by atomic mass is 9.94. The quantitative estimate of drug-likeness (QED) is 0.769. The molecule has 0 radical (unpaired) electrons. The highest BCUT2D eigenvalue weighted by Crippen LogP contribution is 2.24. The summed E-state index contributed by atoms with van der Waals surface area (Å²) in [5, 5.41) is 0. The number of hydrogen-bond donors (Lipinski definition) is 0. The molecule has 0 unspecified atom stereocenters. The molecular weight excluding hydrogens is 368 g/mol. The predicted octanol–water partition coefficient (Wildman–Crippen LogP) is 3.70. The van der Waals surface area contributed by atoms with Crippen molar-refractivity contribution in [3.05, 3.63) is 34.3 Å². The maximum absolute atomic E-state index is 12.7. The molecule has 2 fully saturated rings. The molecule has 2 aliphatic rings. The van der Waals surface area contributed by atoms with Gasteiger partial charge >= 0.3 is 0 Å². The van der Waals surface area contributed by atoms with Gasteiger partial charge in [0.2, 0.25) is 5.91 Å². The molecule has 0 saturated carbocycles. The Morgan fingerprint density at radius 2 is 1.50 bits per heavy atom. The second-order valence-electron chi connectivity index (χ2n) is 6.79. The van der Waals surface area contributed by atoms with E-state index in [2.05, 4.69) is 20.8 Å². The second-order valence-corrected chi connectivity index (χ2v) is 7.64. The molecule has 2 heterocycles. The lowest BCUT2D eigenvalue weighted by Crippen LogP contribution is -2.44. The predicted molar refractivity (Wildman–Crippen MR) is 97.8 cm³/mol. The summed E-state index contributed by atoms with van der Waals surface area (Å²) in [6.45, 7) is 3.17. The Morgan fingerprint density at radius 3 is 2.12 bits per heavy atom. The zero-order valence-corrected chi connectivity index (χ0v) is 15.6. The third-order valence-electron chi connectivity index (χ3n) is 5.15. The normalized spacial score (nSPS) is 19.9. The van der Waals surface area contributed by atoms with Crippen LogP contribution in [0, 0.1) is 5.92 Å². The second kappa shape index (κ2) is 8.15. The summed E-state index contributed by atoms with van der Waals surface area (Å²) in [6, 6.07) is 7.53. The van der Waals surface area contributed by atoms with Crippen LogP contribution in [0.15, 0.2) is 28.7 Å². The fourth-order valence-electron chi connectivity index (χ4n) is 3.68. The Hall–Kier alpha value is -1.36. The van der Waals surface area contributed by atoms with Gasteiger partial charge in [-0.1, -0.05) is 25.0 Å². The minimum absolute atomic E-state index is 0.0585. The van der Waals surface area contributed by atoms with E-state index in [9.17, 15) is 9.59 Å². The van der Waals surface area contributed by atoms with Gasteiger partial charge in [0.25, 0.3) is 5.91 Å². The number of benzene rings is 1. The maximum Gasteiger partial charge on any atom is 0.254 e. The average Bonchev–Trinajstić information content (AvgIpc) is 2.90. The fourth-order valence-corrected chi connectivity index (χ4v) is 4.14. The van der Waals surface area contributed by atoms with Gasteiger partial charge in [0.05, 0.1) is 5.56 Å². The number of amides is 2. The van der Waals surface area contributed by atoms with E-state index in [1.54, 1.807) is 0 Å². The van der Waals surface area contributed by atoms with Crippen molar-refractivity contribution in [2.45, 2.75) is 38.5 Å². The van der Waals surface area contributed by atoms with Crippen LogP contribution in [0.5, 0.6) is 0 Å². The van der Waals surface area contributed by atoms with Crippen molar-refractivity contribution in [1.29, 1.82) is 0 Å². The number of halogens is 1. The standard InChI is InChI=1S/C19H25BrN2O2/c20-17-8-4-3-7-16(17)19(24)22-13-9-15(10-14-22)18(23)21-11-5-1-2-6-12-21/h3-4,7-8,15H,1-2,5-6,9-14H2. The van der Waals surface area contributed by atoms with Gasteiger partial charge in [0, 0.05) is 36.6 Å². The fraction of sp³-hybridized carbons (Fsp3) is 0.579. The molecule has 1 aromatic carbocycles. The minimum Gasteiger partial charge on any atom is -0.342 e. The van der Waals surface area contributed by atoms with E-state index >= 15 is 0 Å². The molecule has 0 bridgehead atoms. The van der Waals surface area contributed by atoms with E-state index in [1.807, 2.05) is 29.2 Å². The third kappa shape index (κ3) is 4.00. The van der Waals surface area contributed by atoms with Gasteiger partial charge in [0.1, 0.15) is 0 Å². The number of hydrogen-bond acceptors (Lipinski definition) is 2. The van der Waals surface area contributed by atoms with Crippen LogP contribution in [0.2, 0.25) is 0 Å². The summed E-state index contributed by atoms with van der Waals surface area (Å²) in [5.41, 5.74) is 0.704. The van der Waals surface area contributed by atoms with Crippen molar-refractivity contribution in [2.75, 3.05) is 26.2 Å². The van der Waals surface area contributed by atoms with E-state index in [-0.39, 0.29) is 11.8 Å². The molecule has 0 aliphatic carbocycles. The highest BCUT2D eigenvalue weighted by Gasteiger charge is 2.31. The van der Waals surface area contributed by atoms with E-state index in [0.29, 0.717) is 24.6 Å². The number of piperidine rings is 1. The average molecular weight is 393 g/mol. The van der Waals surface area contributed by atoms with Crippen molar-refractivity contribution in [3.63, 3.8) is 0 Å². The van der Waals surface area contributed by atoms with Crippen LogP contribution in [0.1, 0.15) is 48.9 Å². The molecule has 24 heavy (non-hydrogen) atoms. The Kier molecular flexibility index (Phi) is 5.93. The summed E-state index contributed by atoms with van der Waals surface area (Å²) in [6.07, 6.45) is 6.30. The molecule has 5 heteroatoms. The van der Waals surface area contributed by atoms with Crippen molar-refractivity contribution in [2.24, 2.45) is 5.92 Å². The van der Waals surface area contributed by atoms with E-state index in [1.165, 1.54) is 12.8 Å². The molecule has 0 aromatic heterocycles. The summed E-state index contributed by atoms with van der Waals surface area (Å²) < 4.78 is 0.831. The van der Waals surface area contributed by atoms with Gasteiger partial charge in [-0.2, -0.15) is 0 Å². The van der Waals surface area contributed by atoms with Crippen LogP contribution in [-0.4, -0.2) is 47.8 Å². The van der Waals surface area contributed by atoms with Crippen LogP contribution in [0.4, 0.5) is 0 Å². The minimum atomic E-state index is 0.0585. The number of likely N-dealkylation sites (tertiary alicyclic amines) is 2. The summed E-state index contributed by atoms with van der Waals surface area (Å²) in [4.78, 5) is 29.3. The Balaban J connectivity index is 1.56. The van der Waals surface area contributed by atoms with E-state index < -0.39 is 0 Å². The Bertz CT molecular complexity index is 589. The first-order chi connectivity index (χ1) is 11.7. The molecule has 0 atom stereocenters. The Morgan fingerprint density at radius 1 is 0.875 bits per heavy atom. The van der Waals surface area contributed by atoms with E-state index in [0.717, 1.165) is 43.2 Å². The molecule has 0 spiro atoms. The summed E-state index contributed by atoms with van der Waals surface area (Å²) >= 11 is 3.45. The smallest absolute Gasteiger partial charge is 0.254 e. The van der Waals surface area contributed by atoms with Gasteiger partial charge in [-0.3, -0.25) is 9.59 Å². The molecule has 2 aliphatic heterocycles.